The van der Waals surface area contributed by atoms with Crippen LogP contribution in [0.15, 0.2) is 0 Å². The first-order valence-electron chi connectivity index (χ1n) is 6.79. The van der Waals surface area contributed by atoms with Crippen LogP contribution < -0.4 is 5.32 Å². The average molecular weight is 268 g/mol. The summed E-state index contributed by atoms with van der Waals surface area (Å²) >= 11 is 1.81. The predicted octanol–water partition coefficient (Wildman–Crippen LogP) is 2.85. The third-order valence-electron chi connectivity index (χ3n) is 4.04. The number of nitrogens with zero attached hydrogens (tertiary/aromatic N) is 1. The lowest BCUT2D eigenvalue weighted by Gasteiger charge is -2.40. The first-order chi connectivity index (χ1) is 8.55. The molecule has 1 aromatic rings. The molecule has 0 saturated carbocycles. The van der Waals surface area contributed by atoms with Gasteiger partial charge in [-0.05, 0) is 47.1 Å². The molecule has 0 bridgehead atoms. The maximum absolute atomic E-state index is 6.04. The molecule has 3 nitrogen and oxygen atoms in total. The highest BCUT2D eigenvalue weighted by molar-refractivity contribution is 7.11. The number of nitrogens with one attached hydrogen (secondary N) is 1. The van der Waals surface area contributed by atoms with Gasteiger partial charge in [-0.25, -0.2) is 4.98 Å². The van der Waals surface area contributed by atoms with E-state index in [1.54, 1.807) is 0 Å². The number of thiazole rings is 1. The Morgan fingerprint density at radius 2 is 2.22 bits per heavy atom. The Balaban J connectivity index is 2.08. The van der Waals surface area contributed by atoms with Crippen molar-refractivity contribution in [2.75, 3.05) is 13.7 Å². The molecular formula is C14H24N2OS. The Labute approximate surface area is 114 Å². The Bertz CT molecular complexity index is 377. The highest BCUT2D eigenvalue weighted by Crippen LogP contribution is 2.30. The highest BCUT2D eigenvalue weighted by atomic mass is 32.1. The molecule has 1 aromatic heterocycles. The molecule has 1 fully saturated rings. The van der Waals surface area contributed by atoms with Crippen LogP contribution in [-0.4, -0.2) is 30.3 Å². The Morgan fingerprint density at radius 3 is 2.72 bits per heavy atom. The molecule has 1 aliphatic heterocycles. The van der Waals surface area contributed by atoms with E-state index in [-0.39, 0.29) is 5.60 Å². The molecule has 2 unspecified atom stereocenters. The van der Waals surface area contributed by atoms with Gasteiger partial charge in [0.15, 0.2) is 0 Å². The van der Waals surface area contributed by atoms with Gasteiger partial charge in [-0.3, -0.25) is 0 Å². The van der Waals surface area contributed by atoms with Gasteiger partial charge in [0.05, 0.1) is 16.3 Å². The van der Waals surface area contributed by atoms with E-state index < -0.39 is 0 Å². The minimum Gasteiger partial charge on any atom is -0.374 e. The Hall–Kier alpha value is -0.450. The van der Waals surface area contributed by atoms with Crippen molar-refractivity contribution in [1.29, 1.82) is 0 Å². The lowest BCUT2D eigenvalue weighted by Crippen LogP contribution is -2.52. The van der Waals surface area contributed by atoms with Gasteiger partial charge in [-0.1, -0.05) is 0 Å². The van der Waals surface area contributed by atoms with Crippen molar-refractivity contribution in [1.82, 2.24) is 10.3 Å². The minimum atomic E-state index is -0.0412. The van der Waals surface area contributed by atoms with Crippen LogP contribution in [0.25, 0.3) is 0 Å². The molecule has 102 valence electrons. The fourth-order valence-electron chi connectivity index (χ4n) is 2.65. The fraction of sp³-hybridized carbons (Fsp3) is 0.786. The molecule has 0 aromatic carbocycles. The summed E-state index contributed by atoms with van der Waals surface area (Å²) in [5.74, 6) is 0. The molecule has 0 aliphatic carbocycles. The summed E-state index contributed by atoms with van der Waals surface area (Å²) in [6, 6.07) is 0.350. The van der Waals surface area contributed by atoms with Gasteiger partial charge in [0.2, 0.25) is 0 Å². The number of hydrogen-bond donors (Lipinski definition) is 1. The van der Waals surface area contributed by atoms with Crippen molar-refractivity contribution in [2.45, 2.75) is 58.1 Å². The summed E-state index contributed by atoms with van der Waals surface area (Å²) in [7, 11) is 2.03. The second-order valence-electron chi connectivity index (χ2n) is 5.41. The normalized spacial score (nSPS) is 26.2. The third-order valence-corrected chi connectivity index (χ3v) is 5.13. The van der Waals surface area contributed by atoms with Gasteiger partial charge < -0.3 is 10.1 Å². The molecular weight excluding hydrogens is 244 g/mol. The lowest BCUT2D eigenvalue weighted by atomic mass is 9.86. The molecule has 2 rings (SSSR count). The minimum absolute atomic E-state index is 0.0412. The van der Waals surface area contributed by atoms with Crippen LogP contribution >= 0.6 is 11.3 Å². The van der Waals surface area contributed by atoms with Crippen molar-refractivity contribution in [2.24, 2.45) is 0 Å². The molecule has 18 heavy (non-hydrogen) atoms. The maximum Gasteiger partial charge on any atom is 0.0947 e. The second-order valence-corrected chi connectivity index (χ2v) is 6.70. The first kappa shape index (κ1) is 14.0. The van der Waals surface area contributed by atoms with Crippen molar-refractivity contribution in [3.8, 4) is 0 Å². The zero-order chi connectivity index (χ0) is 13.2. The van der Waals surface area contributed by atoms with E-state index >= 15 is 0 Å². The fourth-order valence-corrected chi connectivity index (χ4v) is 3.63. The number of rotatable bonds is 4. The second kappa shape index (κ2) is 5.68. The third kappa shape index (κ3) is 2.92. The lowest BCUT2D eigenvalue weighted by molar-refractivity contribution is -0.0870. The molecule has 4 heteroatoms. The Morgan fingerprint density at radius 1 is 1.44 bits per heavy atom. The SMILES string of the molecule is CNC(Cc1nc(C)c(C)s1)C1(C)CCCCO1. The maximum atomic E-state index is 6.04. The summed E-state index contributed by atoms with van der Waals surface area (Å²) in [6.45, 7) is 7.36. The molecule has 1 saturated heterocycles. The van der Waals surface area contributed by atoms with Crippen LogP contribution in [0.1, 0.15) is 41.8 Å². The van der Waals surface area contributed by atoms with Gasteiger partial charge in [0, 0.05) is 23.9 Å². The largest absolute Gasteiger partial charge is 0.374 e. The zero-order valence-corrected chi connectivity index (χ0v) is 12.7. The van der Waals surface area contributed by atoms with Gasteiger partial charge >= 0.3 is 0 Å². The smallest absolute Gasteiger partial charge is 0.0947 e. The number of ether oxygens (including phenoxy) is 1. The van der Waals surface area contributed by atoms with Crippen LogP contribution in [0.5, 0.6) is 0 Å². The summed E-state index contributed by atoms with van der Waals surface area (Å²) < 4.78 is 6.04. The van der Waals surface area contributed by atoms with Crippen molar-refractivity contribution in [3.05, 3.63) is 15.6 Å². The summed E-state index contributed by atoms with van der Waals surface area (Å²) in [4.78, 5) is 5.98. The van der Waals surface area contributed by atoms with Gasteiger partial charge in [-0.2, -0.15) is 0 Å². The van der Waals surface area contributed by atoms with Crippen LogP contribution in [0, 0.1) is 13.8 Å². The predicted molar refractivity (Wildman–Crippen MR) is 76.3 cm³/mol. The van der Waals surface area contributed by atoms with E-state index in [2.05, 4.69) is 31.1 Å². The van der Waals surface area contributed by atoms with Crippen LogP contribution in [-0.2, 0) is 11.2 Å². The van der Waals surface area contributed by atoms with E-state index in [0.29, 0.717) is 6.04 Å². The quantitative estimate of drug-likeness (QED) is 0.912. The number of aromatic nitrogens is 1. The van der Waals surface area contributed by atoms with E-state index in [0.717, 1.165) is 19.4 Å². The van der Waals surface area contributed by atoms with E-state index in [1.807, 2.05) is 18.4 Å². The Kier molecular flexibility index (Phi) is 4.41. The number of aryl methyl sites for hydroxylation is 2. The molecule has 0 radical (unpaired) electrons. The number of hydrogen-bond acceptors (Lipinski definition) is 4. The number of likely N-dealkylation sites (N-methyl/N-ethyl adjacent to an activating group) is 1. The highest BCUT2D eigenvalue weighted by Gasteiger charge is 2.36. The van der Waals surface area contributed by atoms with Crippen molar-refractivity contribution < 1.29 is 4.74 Å². The van der Waals surface area contributed by atoms with Crippen LogP contribution in [0.2, 0.25) is 0 Å². The summed E-state index contributed by atoms with van der Waals surface area (Å²) in [5.41, 5.74) is 1.13. The van der Waals surface area contributed by atoms with Crippen molar-refractivity contribution >= 4 is 11.3 Å². The topological polar surface area (TPSA) is 34.2 Å². The van der Waals surface area contributed by atoms with Crippen molar-refractivity contribution in [3.63, 3.8) is 0 Å². The standard InChI is InChI=1S/C14H24N2OS/c1-10-11(2)18-13(16-10)9-12(15-4)14(3)7-5-6-8-17-14/h12,15H,5-9H2,1-4H3. The zero-order valence-electron chi connectivity index (χ0n) is 11.9. The average Bonchev–Trinajstić information content (AvgIpc) is 2.66. The molecule has 2 atom stereocenters. The van der Waals surface area contributed by atoms with Gasteiger partial charge in [0.25, 0.3) is 0 Å². The molecule has 0 spiro atoms. The van der Waals surface area contributed by atoms with Crippen LogP contribution in [0.4, 0.5) is 0 Å². The molecule has 0 amide bonds. The summed E-state index contributed by atoms with van der Waals surface area (Å²) in [5, 5.41) is 4.65. The van der Waals surface area contributed by atoms with E-state index in [9.17, 15) is 0 Å². The van der Waals surface area contributed by atoms with Gasteiger partial charge in [0.1, 0.15) is 0 Å². The molecule has 2 heterocycles. The van der Waals surface area contributed by atoms with Gasteiger partial charge in [-0.15, -0.1) is 11.3 Å². The summed E-state index contributed by atoms with van der Waals surface area (Å²) in [6.07, 6.45) is 4.57. The van der Waals surface area contributed by atoms with E-state index in [4.69, 9.17) is 4.74 Å². The molecule has 1 aliphatic rings. The monoisotopic (exact) mass is 268 g/mol. The van der Waals surface area contributed by atoms with Crippen LogP contribution in [0.3, 0.4) is 0 Å². The van der Waals surface area contributed by atoms with E-state index in [1.165, 1.54) is 28.4 Å². The first-order valence-corrected chi connectivity index (χ1v) is 7.61. The molecule has 1 N–H and O–H groups in total.